The van der Waals surface area contributed by atoms with Crippen LogP contribution in [-0.4, -0.2) is 63.7 Å². The van der Waals surface area contributed by atoms with Crippen LogP contribution in [0.15, 0.2) is 29.2 Å². The van der Waals surface area contributed by atoms with E-state index in [2.05, 4.69) is 0 Å². The SMILES string of the molecule is CCOC(=O)CC(=O)C1(OCOC)CCN(S(=O)(=O)c2ccccc2[NH2+][O-])CC1. The third-order valence-electron chi connectivity index (χ3n) is 4.77. The molecular weight excluding hydrogens is 404 g/mol. The van der Waals surface area contributed by atoms with Crippen LogP contribution in [0.1, 0.15) is 26.2 Å². The van der Waals surface area contributed by atoms with Crippen molar-refractivity contribution in [2.24, 2.45) is 0 Å². The molecule has 29 heavy (non-hydrogen) atoms. The number of Topliss-reactive ketones (excluding diaryl/α,β-unsaturated/α-hetero) is 1. The van der Waals surface area contributed by atoms with Crippen molar-refractivity contribution in [1.82, 2.24) is 4.31 Å². The molecule has 0 amide bonds. The maximum Gasteiger partial charge on any atom is 0.313 e. The van der Waals surface area contributed by atoms with E-state index in [1.165, 1.54) is 23.5 Å². The molecule has 0 aromatic heterocycles. The number of benzene rings is 1. The predicted octanol–water partition coefficient (Wildman–Crippen LogP) is 0.0454. The Morgan fingerprint density at radius 1 is 1.24 bits per heavy atom. The first-order valence-electron chi connectivity index (χ1n) is 9.17. The number of carbonyl (C=O) groups is 2. The molecule has 1 aromatic carbocycles. The molecule has 1 fully saturated rings. The van der Waals surface area contributed by atoms with Crippen LogP contribution >= 0.6 is 0 Å². The maximum absolute atomic E-state index is 13.0. The van der Waals surface area contributed by atoms with Crippen LogP contribution in [0.5, 0.6) is 0 Å². The van der Waals surface area contributed by atoms with Crippen molar-refractivity contribution in [3.8, 4) is 0 Å². The van der Waals surface area contributed by atoms with Crippen LogP contribution in [0.2, 0.25) is 0 Å². The van der Waals surface area contributed by atoms with E-state index in [-0.39, 0.29) is 49.9 Å². The fourth-order valence-electron chi connectivity index (χ4n) is 3.22. The van der Waals surface area contributed by atoms with E-state index in [0.717, 1.165) is 0 Å². The lowest BCUT2D eigenvalue weighted by Crippen LogP contribution is -2.70. The van der Waals surface area contributed by atoms with Crippen LogP contribution in [0.4, 0.5) is 5.69 Å². The van der Waals surface area contributed by atoms with Gasteiger partial charge in [0.25, 0.3) is 0 Å². The lowest BCUT2D eigenvalue weighted by molar-refractivity contribution is -0.499. The maximum atomic E-state index is 13.0. The van der Waals surface area contributed by atoms with Crippen LogP contribution < -0.4 is 5.48 Å². The van der Waals surface area contributed by atoms with Gasteiger partial charge in [0.2, 0.25) is 10.0 Å². The summed E-state index contributed by atoms with van der Waals surface area (Å²) in [6.45, 7) is 1.61. The number of rotatable bonds is 10. The molecule has 0 saturated carbocycles. The summed E-state index contributed by atoms with van der Waals surface area (Å²) >= 11 is 0. The van der Waals surface area contributed by atoms with Crippen molar-refractivity contribution < 1.29 is 37.7 Å². The van der Waals surface area contributed by atoms with Crippen molar-refractivity contribution in [1.29, 1.82) is 0 Å². The highest BCUT2D eigenvalue weighted by molar-refractivity contribution is 7.89. The second-order valence-corrected chi connectivity index (χ2v) is 8.42. The largest absolute Gasteiger partial charge is 0.630 e. The van der Waals surface area contributed by atoms with Gasteiger partial charge >= 0.3 is 5.97 Å². The van der Waals surface area contributed by atoms with Crippen LogP contribution in [0.25, 0.3) is 0 Å². The van der Waals surface area contributed by atoms with Crippen molar-refractivity contribution in [3.05, 3.63) is 29.5 Å². The third kappa shape index (κ3) is 5.38. The first-order chi connectivity index (χ1) is 13.8. The molecule has 2 rings (SSSR count). The van der Waals surface area contributed by atoms with Crippen molar-refractivity contribution >= 4 is 27.5 Å². The lowest BCUT2D eigenvalue weighted by Gasteiger charge is -2.39. The summed E-state index contributed by atoms with van der Waals surface area (Å²) in [6.07, 6.45) is -0.355. The number of carbonyl (C=O) groups excluding carboxylic acids is 2. The van der Waals surface area contributed by atoms with E-state index in [9.17, 15) is 23.2 Å². The van der Waals surface area contributed by atoms with Gasteiger partial charge < -0.3 is 24.9 Å². The minimum absolute atomic E-state index is 0.00615. The van der Waals surface area contributed by atoms with E-state index >= 15 is 0 Å². The highest BCUT2D eigenvalue weighted by Crippen LogP contribution is 2.32. The van der Waals surface area contributed by atoms with E-state index < -0.39 is 33.8 Å². The van der Waals surface area contributed by atoms with Crippen molar-refractivity contribution in [2.45, 2.75) is 36.7 Å². The number of sulfonamides is 1. The summed E-state index contributed by atoms with van der Waals surface area (Å²) in [5.41, 5.74) is -0.775. The minimum atomic E-state index is -3.92. The summed E-state index contributed by atoms with van der Waals surface area (Å²) in [6, 6.07) is 5.92. The highest BCUT2D eigenvalue weighted by Gasteiger charge is 2.45. The van der Waals surface area contributed by atoms with Crippen LogP contribution in [0, 0.1) is 5.21 Å². The molecule has 0 atom stereocenters. The van der Waals surface area contributed by atoms with Gasteiger partial charge in [0.1, 0.15) is 29.4 Å². The van der Waals surface area contributed by atoms with Gasteiger partial charge in [-0.3, -0.25) is 9.59 Å². The smallest absolute Gasteiger partial charge is 0.313 e. The van der Waals surface area contributed by atoms with Gasteiger partial charge in [0, 0.05) is 26.3 Å². The van der Waals surface area contributed by atoms with Gasteiger partial charge in [-0.05, 0) is 25.8 Å². The molecule has 2 N–H and O–H groups in total. The monoisotopic (exact) mass is 430 g/mol. The molecule has 0 aliphatic carbocycles. The molecule has 1 aliphatic rings. The summed E-state index contributed by atoms with van der Waals surface area (Å²) in [5.74, 6) is -1.13. The van der Waals surface area contributed by atoms with E-state index in [1.54, 1.807) is 19.1 Å². The van der Waals surface area contributed by atoms with Crippen LogP contribution in [0.3, 0.4) is 0 Å². The normalized spacial score (nSPS) is 17.1. The molecule has 1 saturated heterocycles. The molecule has 1 aliphatic heterocycles. The predicted molar refractivity (Wildman–Crippen MR) is 101 cm³/mol. The summed E-state index contributed by atoms with van der Waals surface area (Å²) in [4.78, 5) is 24.4. The van der Waals surface area contributed by atoms with Gasteiger partial charge in [0.15, 0.2) is 5.78 Å². The Hall–Kier alpha value is -1.89. The first kappa shape index (κ1) is 23.4. The summed E-state index contributed by atoms with van der Waals surface area (Å²) in [5, 5.41) is 11.2. The molecule has 1 heterocycles. The van der Waals surface area contributed by atoms with E-state index in [1.807, 2.05) is 0 Å². The van der Waals surface area contributed by atoms with Gasteiger partial charge in [-0.25, -0.2) is 8.42 Å². The molecule has 0 radical (unpaired) electrons. The molecule has 0 spiro atoms. The molecule has 162 valence electrons. The standard InChI is InChI=1S/C18H26N2O8S/c1-3-27-17(22)12-16(21)18(28-13-26-2)8-10-20(11-9-18)29(24,25)15-7-5-4-6-14(15)19-23/h4-7H,3,8-13,19H2,1-2H3. The zero-order valence-electron chi connectivity index (χ0n) is 16.5. The fraction of sp³-hybridized carbons (Fsp3) is 0.556. The Bertz CT molecular complexity index is 819. The molecule has 1 aromatic rings. The van der Waals surface area contributed by atoms with E-state index in [4.69, 9.17) is 14.2 Å². The third-order valence-corrected chi connectivity index (χ3v) is 6.74. The number of hydrogen-bond donors (Lipinski definition) is 1. The Kier molecular flexibility index (Phi) is 8.25. The number of piperidine rings is 1. The Labute approximate surface area is 169 Å². The zero-order valence-corrected chi connectivity index (χ0v) is 17.3. The second kappa shape index (κ2) is 10.2. The second-order valence-electron chi connectivity index (χ2n) is 6.51. The minimum Gasteiger partial charge on any atom is -0.630 e. The Morgan fingerprint density at radius 2 is 1.90 bits per heavy atom. The number of methoxy groups -OCH3 is 1. The summed E-state index contributed by atoms with van der Waals surface area (Å²) < 4.78 is 42.5. The Balaban J connectivity index is 2.19. The van der Waals surface area contributed by atoms with Crippen molar-refractivity contribution in [2.75, 3.05) is 33.6 Å². The average molecular weight is 430 g/mol. The first-order valence-corrected chi connectivity index (χ1v) is 10.6. The molecule has 0 unspecified atom stereocenters. The highest BCUT2D eigenvalue weighted by atomic mass is 32.2. The number of nitrogens with two attached hydrogens (primary N) is 1. The van der Waals surface area contributed by atoms with Gasteiger partial charge in [-0.1, -0.05) is 12.1 Å². The topological polar surface area (TPSA) is 139 Å². The van der Waals surface area contributed by atoms with Crippen LogP contribution in [-0.2, 0) is 33.8 Å². The van der Waals surface area contributed by atoms with Gasteiger partial charge in [-0.2, -0.15) is 4.31 Å². The van der Waals surface area contributed by atoms with E-state index in [0.29, 0.717) is 5.48 Å². The number of nitrogens with zero attached hydrogens (tertiary/aromatic N) is 1. The summed E-state index contributed by atoms with van der Waals surface area (Å²) in [7, 11) is -2.52. The number of ketones is 1. The molecule has 0 bridgehead atoms. The molecule has 11 heteroatoms. The molecule has 10 nitrogen and oxygen atoms in total. The fourth-order valence-corrected chi connectivity index (χ4v) is 4.83. The number of esters is 1. The lowest BCUT2D eigenvalue weighted by atomic mass is 9.86. The quantitative estimate of drug-likeness (QED) is 0.181. The molecular formula is C18H26N2O8S. The zero-order chi connectivity index (χ0) is 21.5. The number of hydrogen-bond acceptors (Lipinski definition) is 8. The average Bonchev–Trinajstić information content (AvgIpc) is 2.72. The Morgan fingerprint density at radius 3 is 2.48 bits per heavy atom. The van der Waals surface area contributed by atoms with Gasteiger partial charge in [0.05, 0.1) is 6.61 Å². The van der Waals surface area contributed by atoms with Crippen molar-refractivity contribution in [3.63, 3.8) is 0 Å². The number of quaternary nitrogens is 1. The van der Waals surface area contributed by atoms with Gasteiger partial charge in [-0.15, -0.1) is 0 Å². The number of ether oxygens (including phenoxy) is 3.